The van der Waals surface area contributed by atoms with Gasteiger partial charge in [-0.3, -0.25) is 4.90 Å². The third-order valence-electron chi connectivity index (χ3n) is 2.77. The van der Waals surface area contributed by atoms with E-state index < -0.39 is 0 Å². The molecule has 1 aliphatic heterocycles. The molecule has 0 aromatic carbocycles. The molecule has 1 saturated heterocycles. The Morgan fingerprint density at radius 1 is 1.50 bits per heavy atom. The Morgan fingerprint density at radius 3 is 2.79 bits per heavy atom. The fraction of sp³-hybridized carbons (Fsp3) is 1.00. The van der Waals surface area contributed by atoms with Crippen LogP contribution in [0.2, 0.25) is 0 Å². The summed E-state index contributed by atoms with van der Waals surface area (Å²) < 4.78 is 5.64. The second kappa shape index (κ2) is 6.65. The molecule has 1 rings (SSSR count). The van der Waals surface area contributed by atoms with Crippen LogP contribution in [0.1, 0.15) is 33.1 Å². The molecule has 0 aromatic rings. The van der Waals surface area contributed by atoms with Crippen LogP contribution in [-0.4, -0.2) is 42.6 Å². The van der Waals surface area contributed by atoms with E-state index in [4.69, 9.17) is 16.3 Å². The van der Waals surface area contributed by atoms with Crippen molar-refractivity contribution in [3.05, 3.63) is 0 Å². The fourth-order valence-electron chi connectivity index (χ4n) is 1.87. The molecule has 0 aromatic heterocycles. The summed E-state index contributed by atoms with van der Waals surface area (Å²) in [6, 6.07) is 0.599. The van der Waals surface area contributed by atoms with Crippen LogP contribution in [-0.2, 0) is 4.74 Å². The molecule has 0 spiro atoms. The minimum Gasteiger partial charge on any atom is -0.377 e. The summed E-state index contributed by atoms with van der Waals surface area (Å²) in [6.07, 6.45) is 4.00. The predicted molar refractivity (Wildman–Crippen MR) is 61.0 cm³/mol. The molecule has 1 aliphatic rings. The summed E-state index contributed by atoms with van der Waals surface area (Å²) in [5.41, 5.74) is 0. The second-order valence-electron chi connectivity index (χ2n) is 4.27. The van der Waals surface area contributed by atoms with E-state index in [2.05, 4.69) is 18.7 Å². The van der Waals surface area contributed by atoms with Crippen molar-refractivity contribution in [3.63, 3.8) is 0 Å². The molecule has 1 unspecified atom stereocenters. The first-order chi connectivity index (χ1) is 6.74. The van der Waals surface area contributed by atoms with E-state index >= 15 is 0 Å². The Morgan fingerprint density at radius 2 is 2.29 bits per heavy atom. The molecule has 1 heterocycles. The zero-order valence-electron chi connectivity index (χ0n) is 9.34. The number of rotatable bonds is 6. The average molecular weight is 220 g/mol. The van der Waals surface area contributed by atoms with Crippen LogP contribution in [0.25, 0.3) is 0 Å². The summed E-state index contributed by atoms with van der Waals surface area (Å²) in [5.74, 6) is 0.759. The Bertz CT molecular complexity index is 146. The van der Waals surface area contributed by atoms with E-state index in [-0.39, 0.29) is 0 Å². The van der Waals surface area contributed by atoms with Crippen molar-refractivity contribution in [2.24, 2.45) is 0 Å². The van der Waals surface area contributed by atoms with Crippen molar-refractivity contribution >= 4 is 11.6 Å². The van der Waals surface area contributed by atoms with E-state index in [0.29, 0.717) is 12.1 Å². The highest BCUT2D eigenvalue weighted by Gasteiger charge is 2.20. The standard InChI is InChI=1S/C11H22ClNO/c1-10(2)13(7-4-6-12)9-11-5-3-8-14-11/h10-11H,3-9H2,1-2H3. The first kappa shape index (κ1) is 12.3. The van der Waals surface area contributed by atoms with Gasteiger partial charge in [-0.1, -0.05) is 0 Å². The molecule has 14 heavy (non-hydrogen) atoms. The van der Waals surface area contributed by atoms with Crippen LogP contribution in [0.15, 0.2) is 0 Å². The van der Waals surface area contributed by atoms with E-state index in [1.807, 2.05) is 0 Å². The number of halogens is 1. The first-order valence-electron chi connectivity index (χ1n) is 5.65. The van der Waals surface area contributed by atoms with Crippen molar-refractivity contribution in [1.82, 2.24) is 4.90 Å². The molecule has 0 saturated carbocycles. The van der Waals surface area contributed by atoms with Gasteiger partial charge >= 0.3 is 0 Å². The van der Waals surface area contributed by atoms with Gasteiger partial charge < -0.3 is 4.74 Å². The van der Waals surface area contributed by atoms with Crippen LogP contribution >= 0.6 is 11.6 Å². The van der Waals surface area contributed by atoms with Gasteiger partial charge in [0.1, 0.15) is 0 Å². The lowest BCUT2D eigenvalue weighted by molar-refractivity contribution is 0.0626. The molecule has 1 atom stereocenters. The van der Waals surface area contributed by atoms with Crippen LogP contribution in [0.4, 0.5) is 0 Å². The Kier molecular flexibility index (Phi) is 5.83. The molecule has 0 N–H and O–H groups in total. The maximum absolute atomic E-state index is 5.71. The number of hydrogen-bond acceptors (Lipinski definition) is 2. The van der Waals surface area contributed by atoms with Crippen LogP contribution in [0, 0.1) is 0 Å². The lowest BCUT2D eigenvalue weighted by Gasteiger charge is -2.28. The predicted octanol–water partition coefficient (Wildman–Crippen LogP) is 2.50. The highest BCUT2D eigenvalue weighted by atomic mass is 35.5. The highest BCUT2D eigenvalue weighted by molar-refractivity contribution is 6.17. The van der Waals surface area contributed by atoms with Gasteiger partial charge in [-0.2, -0.15) is 0 Å². The summed E-state index contributed by atoms with van der Waals surface area (Å²) in [7, 11) is 0. The first-order valence-corrected chi connectivity index (χ1v) is 6.19. The number of ether oxygens (including phenoxy) is 1. The minimum atomic E-state index is 0.465. The molecule has 3 heteroatoms. The van der Waals surface area contributed by atoms with Gasteiger partial charge in [0.2, 0.25) is 0 Å². The molecule has 0 radical (unpaired) electrons. The molecular formula is C11H22ClNO. The second-order valence-corrected chi connectivity index (χ2v) is 4.64. The third kappa shape index (κ3) is 4.16. The quantitative estimate of drug-likeness (QED) is 0.637. The maximum atomic E-state index is 5.71. The largest absolute Gasteiger partial charge is 0.377 e. The van der Waals surface area contributed by atoms with Gasteiger partial charge in [-0.25, -0.2) is 0 Å². The summed E-state index contributed by atoms with van der Waals surface area (Å²) in [6.45, 7) is 7.61. The molecule has 0 bridgehead atoms. The van der Waals surface area contributed by atoms with Crippen molar-refractivity contribution in [3.8, 4) is 0 Å². The number of alkyl halides is 1. The minimum absolute atomic E-state index is 0.465. The lowest BCUT2D eigenvalue weighted by atomic mass is 10.2. The van der Waals surface area contributed by atoms with E-state index in [1.165, 1.54) is 12.8 Å². The SMILES string of the molecule is CC(C)N(CCCCl)CC1CCCO1. The smallest absolute Gasteiger partial charge is 0.0702 e. The van der Waals surface area contributed by atoms with Crippen LogP contribution < -0.4 is 0 Å². The maximum Gasteiger partial charge on any atom is 0.0702 e. The molecular weight excluding hydrogens is 198 g/mol. The van der Waals surface area contributed by atoms with E-state index in [1.54, 1.807) is 0 Å². The fourth-order valence-corrected chi connectivity index (χ4v) is 1.99. The monoisotopic (exact) mass is 219 g/mol. The normalized spacial score (nSPS) is 22.5. The molecule has 2 nitrogen and oxygen atoms in total. The summed E-state index contributed by atoms with van der Waals surface area (Å²) >= 11 is 5.71. The lowest BCUT2D eigenvalue weighted by Crippen LogP contribution is -2.38. The third-order valence-corrected chi connectivity index (χ3v) is 3.04. The van der Waals surface area contributed by atoms with E-state index in [0.717, 1.165) is 32.0 Å². The van der Waals surface area contributed by atoms with Gasteiger partial charge in [-0.15, -0.1) is 11.6 Å². The van der Waals surface area contributed by atoms with Gasteiger partial charge in [0, 0.05) is 25.1 Å². The average Bonchev–Trinajstić information content (AvgIpc) is 2.64. The Hall–Kier alpha value is 0.210. The van der Waals surface area contributed by atoms with Crippen molar-refractivity contribution in [2.45, 2.75) is 45.3 Å². The highest BCUT2D eigenvalue weighted by Crippen LogP contribution is 2.14. The van der Waals surface area contributed by atoms with Gasteiger partial charge in [-0.05, 0) is 39.7 Å². The Labute approximate surface area is 92.6 Å². The molecule has 0 aliphatic carbocycles. The zero-order valence-corrected chi connectivity index (χ0v) is 10.1. The van der Waals surface area contributed by atoms with Crippen LogP contribution in [0.3, 0.4) is 0 Å². The topological polar surface area (TPSA) is 12.5 Å². The van der Waals surface area contributed by atoms with Crippen molar-refractivity contribution < 1.29 is 4.74 Å². The Balaban J connectivity index is 2.26. The van der Waals surface area contributed by atoms with Gasteiger partial charge in [0.05, 0.1) is 6.10 Å². The molecule has 1 fully saturated rings. The van der Waals surface area contributed by atoms with Crippen LogP contribution in [0.5, 0.6) is 0 Å². The van der Waals surface area contributed by atoms with Gasteiger partial charge in [0.25, 0.3) is 0 Å². The van der Waals surface area contributed by atoms with E-state index in [9.17, 15) is 0 Å². The zero-order chi connectivity index (χ0) is 10.4. The van der Waals surface area contributed by atoms with Crippen molar-refractivity contribution in [2.75, 3.05) is 25.6 Å². The van der Waals surface area contributed by atoms with Crippen molar-refractivity contribution in [1.29, 1.82) is 0 Å². The molecule has 0 amide bonds. The summed E-state index contributed by atoms with van der Waals surface area (Å²) in [5, 5.41) is 0. The number of hydrogen-bond donors (Lipinski definition) is 0. The van der Waals surface area contributed by atoms with Gasteiger partial charge in [0.15, 0.2) is 0 Å². The number of nitrogens with zero attached hydrogens (tertiary/aromatic N) is 1. The molecule has 84 valence electrons. The summed E-state index contributed by atoms with van der Waals surface area (Å²) in [4.78, 5) is 2.47.